The molecule has 0 saturated heterocycles. The van der Waals surface area contributed by atoms with Gasteiger partial charge >= 0.3 is 11.9 Å². The Morgan fingerprint density at radius 1 is 1.05 bits per heavy atom. The van der Waals surface area contributed by atoms with Gasteiger partial charge in [-0.2, -0.15) is 0 Å². The van der Waals surface area contributed by atoms with Crippen molar-refractivity contribution in [2.45, 2.75) is 66.0 Å². The Morgan fingerprint density at radius 3 is 2.27 bits per heavy atom. The fourth-order valence-corrected chi connectivity index (χ4v) is 5.84. The molecule has 0 radical (unpaired) electrons. The number of hydrogen-bond donors (Lipinski definition) is 2. The first kappa shape index (κ1) is 30.9. The average Bonchev–Trinajstić information content (AvgIpc) is 3.27. The predicted octanol–water partition coefficient (Wildman–Crippen LogP) is 4.39. The van der Waals surface area contributed by atoms with E-state index in [0.717, 1.165) is 29.7 Å². The minimum absolute atomic E-state index is 0.214. The Balaban J connectivity index is 1.73. The van der Waals surface area contributed by atoms with E-state index >= 15 is 0 Å². The molecule has 1 heterocycles. The Labute approximate surface area is 238 Å². The molecule has 0 aliphatic heterocycles. The molecule has 1 aliphatic rings. The van der Waals surface area contributed by atoms with Crippen LogP contribution in [0.1, 0.15) is 72.2 Å². The number of esters is 2. The van der Waals surface area contributed by atoms with Gasteiger partial charge in [0.2, 0.25) is 0 Å². The molecular formula is C29H38N2O8S. The van der Waals surface area contributed by atoms with Gasteiger partial charge in [-0.3, -0.25) is 9.59 Å². The van der Waals surface area contributed by atoms with E-state index in [0.29, 0.717) is 28.0 Å². The van der Waals surface area contributed by atoms with Crippen LogP contribution in [0.15, 0.2) is 18.2 Å². The number of methoxy groups -OCH3 is 2. The smallest absolute Gasteiger partial charge is 0.341 e. The topological polar surface area (TPSA) is 129 Å². The number of benzene rings is 1. The molecule has 218 valence electrons. The lowest BCUT2D eigenvalue weighted by Crippen LogP contribution is -2.47. The minimum Gasteiger partial charge on any atom is -0.497 e. The zero-order valence-corrected chi connectivity index (χ0v) is 24.9. The summed E-state index contributed by atoms with van der Waals surface area (Å²) in [6.07, 6.45) is 1.32. The lowest BCUT2D eigenvalue weighted by Gasteiger charge is -2.23. The molecule has 0 saturated carbocycles. The molecular weight excluding hydrogens is 536 g/mol. The highest BCUT2D eigenvalue weighted by atomic mass is 32.1. The van der Waals surface area contributed by atoms with Crippen LogP contribution in [0.3, 0.4) is 0 Å². The number of thiophene rings is 1. The van der Waals surface area contributed by atoms with Gasteiger partial charge in [-0.1, -0.05) is 20.8 Å². The molecule has 1 aromatic carbocycles. The molecule has 2 N–H and O–H groups in total. The predicted molar refractivity (Wildman–Crippen MR) is 151 cm³/mol. The number of ether oxygens (including phenoxy) is 4. The SMILES string of the molecule is CCOC(=O)c1c(NC(=O)C(C)OC(=O)[C@@H](NC(=O)c2cc(OC)cc(OC)c2)C(C)C)sc2c1CCC(C)C2. The third kappa shape index (κ3) is 7.32. The van der Waals surface area contributed by atoms with Gasteiger partial charge in [-0.05, 0) is 62.6 Å². The lowest BCUT2D eigenvalue weighted by molar-refractivity contribution is -0.156. The molecule has 10 nitrogen and oxygen atoms in total. The lowest BCUT2D eigenvalue weighted by atomic mass is 9.88. The zero-order valence-electron chi connectivity index (χ0n) is 24.0. The molecule has 0 spiro atoms. The molecule has 3 atom stereocenters. The highest BCUT2D eigenvalue weighted by Crippen LogP contribution is 2.40. The van der Waals surface area contributed by atoms with Gasteiger partial charge in [-0.25, -0.2) is 9.59 Å². The van der Waals surface area contributed by atoms with Crippen LogP contribution in [-0.4, -0.2) is 56.7 Å². The second-order valence-electron chi connectivity index (χ2n) is 10.1. The van der Waals surface area contributed by atoms with Crippen molar-refractivity contribution in [1.82, 2.24) is 5.32 Å². The fourth-order valence-electron chi connectivity index (χ4n) is 4.43. The second-order valence-corrected chi connectivity index (χ2v) is 11.2. The van der Waals surface area contributed by atoms with Crippen molar-refractivity contribution in [2.24, 2.45) is 11.8 Å². The maximum absolute atomic E-state index is 13.1. The van der Waals surface area contributed by atoms with Crippen molar-refractivity contribution >= 4 is 40.1 Å². The van der Waals surface area contributed by atoms with E-state index < -0.39 is 35.9 Å². The summed E-state index contributed by atoms with van der Waals surface area (Å²) in [6.45, 7) is 9.05. The van der Waals surface area contributed by atoms with E-state index in [1.165, 1.54) is 44.6 Å². The van der Waals surface area contributed by atoms with Crippen LogP contribution in [0.25, 0.3) is 0 Å². The third-order valence-corrected chi connectivity index (χ3v) is 7.88. The summed E-state index contributed by atoms with van der Waals surface area (Å²) in [5, 5.41) is 5.86. The van der Waals surface area contributed by atoms with Crippen LogP contribution in [-0.2, 0) is 31.9 Å². The summed E-state index contributed by atoms with van der Waals surface area (Å²) < 4.78 is 21.2. The first-order valence-corrected chi connectivity index (χ1v) is 14.2. The van der Waals surface area contributed by atoms with Crippen LogP contribution in [0.4, 0.5) is 5.00 Å². The van der Waals surface area contributed by atoms with Gasteiger partial charge < -0.3 is 29.6 Å². The number of rotatable bonds is 11. The minimum atomic E-state index is -1.18. The van der Waals surface area contributed by atoms with Gasteiger partial charge in [0.05, 0.1) is 26.4 Å². The molecule has 0 bridgehead atoms. The monoisotopic (exact) mass is 574 g/mol. The first-order chi connectivity index (χ1) is 19.0. The summed E-state index contributed by atoms with van der Waals surface area (Å²) in [5.74, 6) is -1.36. The van der Waals surface area contributed by atoms with E-state index in [9.17, 15) is 19.2 Å². The van der Waals surface area contributed by atoms with Gasteiger partial charge in [-0.15, -0.1) is 11.3 Å². The molecule has 11 heteroatoms. The Bertz CT molecular complexity index is 1230. The van der Waals surface area contributed by atoms with E-state index in [1.54, 1.807) is 26.8 Å². The summed E-state index contributed by atoms with van der Waals surface area (Å²) >= 11 is 1.36. The number of hydrogen-bond acceptors (Lipinski definition) is 9. The summed E-state index contributed by atoms with van der Waals surface area (Å²) in [6, 6.07) is 3.66. The van der Waals surface area contributed by atoms with Gasteiger partial charge in [0, 0.05) is 16.5 Å². The summed E-state index contributed by atoms with van der Waals surface area (Å²) in [4.78, 5) is 53.0. The molecule has 40 heavy (non-hydrogen) atoms. The Morgan fingerprint density at radius 2 is 1.70 bits per heavy atom. The van der Waals surface area contributed by atoms with Crippen LogP contribution < -0.4 is 20.1 Å². The van der Waals surface area contributed by atoms with E-state index in [1.807, 2.05) is 0 Å². The quantitative estimate of drug-likeness (QED) is 0.378. The molecule has 0 fully saturated rings. The standard InChI is InChI=1S/C29H38N2O8S/c1-8-38-28(34)23-21-10-9-16(4)11-22(21)40-27(23)31-25(32)17(5)39-29(35)24(15(2)3)30-26(33)18-12-19(36-6)14-20(13-18)37-7/h12-17,24H,8-11H2,1-7H3,(H,30,33)(H,31,32)/t16?,17?,24-/m0/s1. The molecule has 3 rings (SSSR count). The molecule has 2 aromatic rings. The number of amides is 2. The van der Waals surface area contributed by atoms with Crippen molar-refractivity contribution in [3.05, 3.63) is 39.8 Å². The van der Waals surface area contributed by atoms with Crippen LogP contribution in [0, 0.1) is 11.8 Å². The van der Waals surface area contributed by atoms with E-state index in [2.05, 4.69) is 17.6 Å². The largest absolute Gasteiger partial charge is 0.497 e. The summed E-state index contributed by atoms with van der Waals surface area (Å²) in [7, 11) is 2.94. The first-order valence-electron chi connectivity index (χ1n) is 13.4. The van der Waals surface area contributed by atoms with Crippen molar-refractivity contribution in [3.63, 3.8) is 0 Å². The van der Waals surface area contributed by atoms with Crippen LogP contribution in [0.2, 0.25) is 0 Å². The average molecular weight is 575 g/mol. The normalized spacial score (nSPS) is 15.8. The molecule has 2 amide bonds. The number of carbonyl (C=O) groups is 4. The summed E-state index contributed by atoms with van der Waals surface area (Å²) in [5.41, 5.74) is 1.53. The zero-order chi connectivity index (χ0) is 29.6. The van der Waals surface area contributed by atoms with Crippen molar-refractivity contribution in [1.29, 1.82) is 0 Å². The highest BCUT2D eigenvalue weighted by molar-refractivity contribution is 7.17. The molecule has 1 aromatic heterocycles. The number of fused-ring (bicyclic) bond motifs is 1. The Kier molecular flexibility index (Phi) is 10.6. The van der Waals surface area contributed by atoms with Crippen molar-refractivity contribution in [3.8, 4) is 11.5 Å². The number of carbonyl (C=O) groups excluding carboxylic acids is 4. The van der Waals surface area contributed by atoms with Gasteiger partial charge in [0.1, 0.15) is 22.5 Å². The van der Waals surface area contributed by atoms with E-state index in [-0.39, 0.29) is 18.1 Å². The maximum atomic E-state index is 13.1. The third-order valence-electron chi connectivity index (χ3n) is 6.71. The number of anilines is 1. The molecule has 1 aliphatic carbocycles. The van der Waals surface area contributed by atoms with E-state index in [4.69, 9.17) is 18.9 Å². The van der Waals surface area contributed by atoms with Crippen LogP contribution >= 0.6 is 11.3 Å². The number of nitrogens with one attached hydrogen (secondary N) is 2. The van der Waals surface area contributed by atoms with Crippen LogP contribution in [0.5, 0.6) is 11.5 Å². The van der Waals surface area contributed by atoms with Crippen molar-refractivity contribution < 1.29 is 38.1 Å². The maximum Gasteiger partial charge on any atom is 0.341 e. The van der Waals surface area contributed by atoms with Gasteiger partial charge in [0.15, 0.2) is 6.10 Å². The highest BCUT2D eigenvalue weighted by Gasteiger charge is 2.32. The van der Waals surface area contributed by atoms with Gasteiger partial charge in [0.25, 0.3) is 11.8 Å². The second kappa shape index (κ2) is 13.6. The van der Waals surface area contributed by atoms with Crippen molar-refractivity contribution in [2.75, 3.05) is 26.1 Å². The molecule has 2 unspecified atom stereocenters. The Hall–Kier alpha value is -3.60. The fraction of sp³-hybridized carbons (Fsp3) is 0.517.